The lowest BCUT2D eigenvalue weighted by Crippen LogP contribution is -2.17. The third-order valence-corrected chi connectivity index (χ3v) is 6.82. The van der Waals surface area contributed by atoms with E-state index in [-0.39, 0.29) is 6.10 Å². The average molecular weight is 439 g/mol. The summed E-state index contributed by atoms with van der Waals surface area (Å²) in [7, 11) is -1.22. The van der Waals surface area contributed by atoms with E-state index in [2.05, 4.69) is 25.2 Å². The Hall–Kier alpha value is -1.84. The second-order valence-corrected chi connectivity index (χ2v) is 9.35. The van der Waals surface area contributed by atoms with Crippen LogP contribution in [0, 0.1) is 0 Å². The summed E-state index contributed by atoms with van der Waals surface area (Å²) in [5.74, 6) is 0.608. The van der Waals surface area contributed by atoms with Crippen LogP contribution in [-0.4, -0.2) is 32.9 Å². The van der Waals surface area contributed by atoms with Crippen molar-refractivity contribution in [2.24, 2.45) is 5.73 Å². The number of carbonyl (C=O) groups excluding carboxylic acids is 1. The van der Waals surface area contributed by atoms with Gasteiger partial charge in [-0.15, -0.1) is 11.3 Å². The summed E-state index contributed by atoms with van der Waals surface area (Å²) in [6.45, 7) is 6.09. The molecule has 3 rings (SSSR count). The normalized spacial score (nSPS) is 15.4. The minimum absolute atomic E-state index is 0.0995. The molecule has 2 aromatic heterocycles. The standard InChI is InChI=1S/C16H21N3OS2.C4H9NO2/c1-2-19-22(20)15-11-17-9-8-13(15)14-10-18-16(21-14)12-6-4-3-5-7-12;1-3(2)7-4(5)6/h8-12,19H,2-7H2,1H3;3H,1-2H3,(H2,5,6). The molecule has 9 heteroatoms. The molecule has 160 valence electrons. The van der Waals surface area contributed by atoms with Gasteiger partial charge in [0.1, 0.15) is 11.0 Å². The minimum atomic E-state index is -1.22. The molecule has 1 fully saturated rings. The van der Waals surface area contributed by atoms with E-state index >= 15 is 0 Å². The molecule has 1 aliphatic rings. The number of thiazole rings is 1. The number of aromatic nitrogens is 2. The molecular weight excluding hydrogens is 408 g/mol. The van der Waals surface area contributed by atoms with E-state index in [0.29, 0.717) is 12.5 Å². The first-order valence-electron chi connectivity index (χ1n) is 9.93. The van der Waals surface area contributed by atoms with Crippen molar-refractivity contribution in [3.63, 3.8) is 0 Å². The zero-order chi connectivity index (χ0) is 21.2. The Labute approximate surface area is 179 Å². The van der Waals surface area contributed by atoms with Crippen LogP contribution < -0.4 is 10.5 Å². The van der Waals surface area contributed by atoms with E-state index in [1.807, 2.05) is 19.2 Å². The third kappa shape index (κ3) is 7.49. The fraction of sp³-hybridized carbons (Fsp3) is 0.550. The topological polar surface area (TPSA) is 107 Å². The number of carbonyl (C=O) groups is 1. The van der Waals surface area contributed by atoms with E-state index in [9.17, 15) is 9.00 Å². The van der Waals surface area contributed by atoms with Crippen LogP contribution in [0.25, 0.3) is 10.4 Å². The molecule has 0 aliphatic heterocycles. The lowest BCUT2D eigenvalue weighted by molar-refractivity contribution is 0.125. The Balaban J connectivity index is 0.000000370. The quantitative estimate of drug-likeness (QED) is 0.696. The van der Waals surface area contributed by atoms with Gasteiger partial charge in [-0.1, -0.05) is 26.2 Å². The molecule has 1 amide bonds. The Morgan fingerprint density at radius 3 is 2.66 bits per heavy atom. The predicted molar refractivity (Wildman–Crippen MR) is 117 cm³/mol. The summed E-state index contributed by atoms with van der Waals surface area (Å²) < 4.78 is 19.6. The molecule has 0 aromatic carbocycles. The first-order valence-corrected chi connectivity index (χ1v) is 11.9. The maximum Gasteiger partial charge on any atom is 0.404 e. The summed E-state index contributed by atoms with van der Waals surface area (Å²) in [5, 5.41) is 1.23. The monoisotopic (exact) mass is 438 g/mol. The third-order valence-electron chi connectivity index (χ3n) is 4.35. The van der Waals surface area contributed by atoms with E-state index in [1.165, 1.54) is 37.1 Å². The number of hydrogen-bond acceptors (Lipinski definition) is 6. The van der Waals surface area contributed by atoms with Gasteiger partial charge < -0.3 is 10.5 Å². The minimum Gasteiger partial charge on any atom is -0.447 e. The average Bonchev–Trinajstić information content (AvgIpc) is 3.18. The van der Waals surface area contributed by atoms with Gasteiger partial charge in [0.25, 0.3) is 0 Å². The number of amides is 1. The number of rotatable bonds is 6. The summed E-state index contributed by atoms with van der Waals surface area (Å²) in [4.78, 5) is 20.4. The number of pyridine rings is 1. The summed E-state index contributed by atoms with van der Waals surface area (Å²) in [6.07, 6.45) is 11.0. The Kier molecular flexibility index (Phi) is 9.69. The van der Waals surface area contributed by atoms with Crippen molar-refractivity contribution in [2.45, 2.75) is 69.8 Å². The van der Waals surface area contributed by atoms with Crippen LogP contribution in [0.15, 0.2) is 29.6 Å². The zero-order valence-electron chi connectivity index (χ0n) is 17.2. The van der Waals surface area contributed by atoms with Gasteiger partial charge in [0.2, 0.25) is 0 Å². The van der Waals surface area contributed by atoms with Crippen molar-refractivity contribution in [1.82, 2.24) is 14.7 Å². The molecule has 2 aromatic rings. The van der Waals surface area contributed by atoms with Gasteiger partial charge in [0, 0.05) is 36.6 Å². The molecule has 1 atom stereocenters. The second-order valence-electron chi connectivity index (χ2n) is 7.02. The number of hydrogen-bond donors (Lipinski definition) is 2. The molecule has 3 N–H and O–H groups in total. The van der Waals surface area contributed by atoms with E-state index in [0.717, 1.165) is 15.3 Å². The summed E-state index contributed by atoms with van der Waals surface area (Å²) in [5.41, 5.74) is 5.61. The number of ether oxygens (including phenoxy) is 1. The Morgan fingerprint density at radius 2 is 2.07 bits per heavy atom. The first-order chi connectivity index (χ1) is 13.9. The highest BCUT2D eigenvalue weighted by molar-refractivity contribution is 7.83. The van der Waals surface area contributed by atoms with Crippen molar-refractivity contribution in [2.75, 3.05) is 6.54 Å². The smallest absolute Gasteiger partial charge is 0.404 e. The van der Waals surface area contributed by atoms with Gasteiger partial charge in [0.05, 0.1) is 20.9 Å². The molecule has 0 radical (unpaired) electrons. The van der Waals surface area contributed by atoms with E-state index < -0.39 is 17.1 Å². The van der Waals surface area contributed by atoms with Crippen molar-refractivity contribution in [1.29, 1.82) is 0 Å². The van der Waals surface area contributed by atoms with Crippen molar-refractivity contribution in [3.05, 3.63) is 29.7 Å². The van der Waals surface area contributed by atoms with E-state index in [4.69, 9.17) is 0 Å². The van der Waals surface area contributed by atoms with Crippen LogP contribution in [0.5, 0.6) is 0 Å². The number of primary amides is 1. The highest BCUT2D eigenvalue weighted by Gasteiger charge is 2.20. The highest BCUT2D eigenvalue weighted by atomic mass is 32.2. The van der Waals surface area contributed by atoms with Gasteiger partial charge in [-0.25, -0.2) is 18.7 Å². The SMILES string of the molecule is CC(C)OC(N)=O.CCNS(=O)c1cnccc1-c1cnc(C2CCCCC2)s1. The van der Waals surface area contributed by atoms with Crippen LogP contribution in [0.1, 0.15) is 63.8 Å². The van der Waals surface area contributed by atoms with Crippen molar-refractivity contribution >= 4 is 28.4 Å². The van der Waals surface area contributed by atoms with Crippen LogP contribution in [-0.2, 0) is 15.7 Å². The largest absolute Gasteiger partial charge is 0.447 e. The number of nitrogens with zero attached hydrogens (tertiary/aromatic N) is 2. The maximum absolute atomic E-state index is 12.3. The molecule has 0 saturated heterocycles. The number of nitrogens with one attached hydrogen (secondary N) is 1. The zero-order valence-corrected chi connectivity index (χ0v) is 18.9. The van der Waals surface area contributed by atoms with Gasteiger partial charge in [-0.2, -0.15) is 0 Å². The van der Waals surface area contributed by atoms with Crippen LogP contribution in [0.2, 0.25) is 0 Å². The summed E-state index contributed by atoms with van der Waals surface area (Å²) in [6, 6.07) is 1.93. The maximum atomic E-state index is 12.3. The first kappa shape index (κ1) is 23.4. The van der Waals surface area contributed by atoms with Crippen LogP contribution >= 0.6 is 11.3 Å². The fourth-order valence-electron chi connectivity index (χ4n) is 3.12. The van der Waals surface area contributed by atoms with Gasteiger partial charge in [0.15, 0.2) is 0 Å². The molecule has 29 heavy (non-hydrogen) atoms. The lowest BCUT2D eigenvalue weighted by atomic mass is 9.90. The fourth-order valence-corrected chi connectivity index (χ4v) is 5.27. The molecule has 0 bridgehead atoms. The van der Waals surface area contributed by atoms with Crippen molar-refractivity contribution < 1.29 is 13.7 Å². The van der Waals surface area contributed by atoms with Gasteiger partial charge in [-0.05, 0) is 32.8 Å². The molecule has 7 nitrogen and oxygen atoms in total. The Morgan fingerprint density at radius 1 is 1.34 bits per heavy atom. The molecule has 0 spiro atoms. The molecule has 1 saturated carbocycles. The van der Waals surface area contributed by atoms with E-state index in [1.54, 1.807) is 37.6 Å². The van der Waals surface area contributed by atoms with Gasteiger partial charge >= 0.3 is 6.09 Å². The Bertz CT molecular complexity index is 805. The molecule has 2 heterocycles. The van der Waals surface area contributed by atoms with Crippen molar-refractivity contribution in [3.8, 4) is 10.4 Å². The number of nitrogens with two attached hydrogens (primary N) is 1. The van der Waals surface area contributed by atoms with Crippen LogP contribution in [0.4, 0.5) is 4.79 Å². The molecular formula is C20H30N4O3S2. The second kappa shape index (κ2) is 12.0. The molecule has 1 unspecified atom stereocenters. The summed E-state index contributed by atoms with van der Waals surface area (Å²) >= 11 is 1.74. The molecule has 1 aliphatic carbocycles. The lowest BCUT2D eigenvalue weighted by Gasteiger charge is -2.18. The van der Waals surface area contributed by atoms with Gasteiger partial charge in [-0.3, -0.25) is 4.98 Å². The predicted octanol–water partition coefficient (Wildman–Crippen LogP) is 4.38. The highest BCUT2D eigenvalue weighted by Crippen LogP contribution is 2.38. The van der Waals surface area contributed by atoms with Crippen LogP contribution in [0.3, 0.4) is 0 Å².